The lowest BCUT2D eigenvalue weighted by molar-refractivity contribution is 0.0961. The number of halogens is 2. The topological polar surface area (TPSA) is 80.0 Å². The van der Waals surface area contributed by atoms with Crippen LogP contribution in [0.25, 0.3) is 11.4 Å². The van der Waals surface area contributed by atoms with Gasteiger partial charge < -0.3 is 4.52 Å². The lowest BCUT2D eigenvalue weighted by atomic mass is 10.2. The molecule has 0 spiro atoms. The van der Waals surface area contributed by atoms with Gasteiger partial charge in [0.2, 0.25) is 5.82 Å². The molecule has 1 heterocycles. The number of hydrogen-bond donors (Lipinski definition) is 2. The summed E-state index contributed by atoms with van der Waals surface area (Å²) in [4.78, 5) is 16.1. The Bertz CT molecular complexity index is 818. The Labute approximate surface area is 150 Å². The van der Waals surface area contributed by atoms with Gasteiger partial charge in [-0.25, -0.2) is 5.43 Å². The maximum atomic E-state index is 12.0. The molecular weight excluding hydrogens is 431 g/mol. The number of hydrazine groups is 1. The van der Waals surface area contributed by atoms with Gasteiger partial charge in [-0.3, -0.25) is 10.2 Å². The summed E-state index contributed by atoms with van der Waals surface area (Å²) in [7, 11) is 0. The Hall–Kier alpha value is -2.13. The third-order valence-electron chi connectivity index (χ3n) is 2.92. The molecule has 2 N–H and O–H groups in total. The number of hydrogen-bond acceptors (Lipinski definition) is 5. The van der Waals surface area contributed by atoms with Crippen LogP contribution in [0.5, 0.6) is 0 Å². The van der Waals surface area contributed by atoms with Crippen LogP contribution in [0.3, 0.4) is 0 Å². The zero-order valence-electron chi connectivity index (χ0n) is 11.6. The minimum absolute atomic E-state index is 0.0915. The largest absolute Gasteiger partial charge is 0.340 e. The highest BCUT2D eigenvalue weighted by molar-refractivity contribution is 14.1. The number of nitrogens with one attached hydrogen (secondary N) is 2. The molecule has 0 aliphatic rings. The van der Waals surface area contributed by atoms with Crippen molar-refractivity contribution in [1.82, 2.24) is 15.6 Å². The maximum absolute atomic E-state index is 12.0. The Morgan fingerprint density at radius 2 is 1.78 bits per heavy atom. The number of carbonyl (C=O) groups is 1. The molecule has 0 aliphatic carbocycles. The number of rotatable bonds is 4. The first-order chi connectivity index (χ1) is 11.1. The van der Waals surface area contributed by atoms with Crippen molar-refractivity contribution in [3.8, 4) is 11.4 Å². The van der Waals surface area contributed by atoms with E-state index in [1.54, 1.807) is 36.4 Å². The summed E-state index contributed by atoms with van der Waals surface area (Å²) < 4.78 is 6.09. The van der Waals surface area contributed by atoms with Gasteiger partial charge >= 0.3 is 6.01 Å². The van der Waals surface area contributed by atoms with Gasteiger partial charge in [-0.2, -0.15) is 4.98 Å². The van der Waals surface area contributed by atoms with Crippen LogP contribution >= 0.6 is 34.2 Å². The van der Waals surface area contributed by atoms with Gasteiger partial charge in [0.05, 0.1) is 0 Å². The van der Waals surface area contributed by atoms with Gasteiger partial charge in [0.1, 0.15) is 0 Å². The average Bonchev–Trinajstić information content (AvgIpc) is 3.03. The molecule has 8 heteroatoms. The summed E-state index contributed by atoms with van der Waals surface area (Å²) in [6, 6.07) is 14.3. The lowest BCUT2D eigenvalue weighted by Gasteiger charge is -2.04. The summed E-state index contributed by atoms with van der Waals surface area (Å²) in [5.41, 5.74) is 6.37. The van der Waals surface area contributed by atoms with E-state index in [1.165, 1.54) is 0 Å². The highest BCUT2D eigenvalue weighted by atomic mass is 127. The second-order valence-corrected chi connectivity index (χ2v) is 6.20. The van der Waals surface area contributed by atoms with Crippen molar-refractivity contribution in [3.63, 3.8) is 0 Å². The number of aromatic nitrogens is 2. The van der Waals surface area contributed by atoms with E-state index in [9.17, 15) is 4.79 Å². The molecule has 0 saturated carbocycles. The summed E-state index contributed by atoms with van der Waals surface area (Å²) >= 11 is 8.00. The van der Waals surface area contributed by atoms with Gasteiger partial charge in [-0.1, -0.05) is 16.8 Å². The van der Waals surface area contributed by atoms with Crippen molar-refractivity contribution in [1.29, 1.82) is 0 Å². The average molecular weight is 441 g/mol. The van der Waals surface area contributed by atoms with Crippen LogP contribution in [0.2, 0.25) is 5.02 Å². The quantitative estimate of drug-likeness (QED) is 0.477. The number of anilines is 1. The van der Waals surface area contributed by atoms with Crippen molar-refractivity contribution in [2.75, 3.05) is 5.43 Å². The normalized spacial score (nSPS) is 10.3. The van der Waals surface area contributed by atoms with Crippen molar-refractivity contribution in [3.05, 3.63) is 62.7 Å². The first-order valence-corrected chi connectivity index (χ1v) is 7.99. The van der Waals surface area contributed by atoms with Crippen LogP contribution < -0.4 is 10.9 Å². The first-order valence-electron chi connectivity index (χ1n) is 6.53. The SMILES string of the molecule is O=C(NNc1nc(-c2ccc(Cl)cc2)no1)c1ccc(I)cc1. The Morgan fingerprint density at radius 3 is 2.48 bits per heavy atom. The predicted octanol–water partition coefficient (Wildman–Crippen LogP) is 3.75. The van der Waals surface area contributed by atoms with Crippen LogP contribution in [0, 0.1) is 3.57 Å². The molecule has 3 rings (SSSR count). The van der Waals surface area contributed by atoms with E-state index in [4.69, 9.17) is 16.1 Å². The van der Waals surface area contributed by atoms with Crippen LogP contribution in [0.4, 0.5) is 6.01 Å². The molecular formula is C15H10ClIN4O2. The Balaban J connectivity index is 1.64. The number of nitrogens with zero attached hydrogens (tertiary/aromatic N) is 2. The van der Waals surface area contributed by atoms with E-state index < -0.39 is 0 Å². The highest BCUT2D eigenvalue weighted by Gasteiger charge is 2.10. The molecule has 6 nitrogen and oxygen atoms in total. The summed E-state index contributed by atoms with van der Waals surface area (Å²) in [6.07, 6.45) is 0. The third-order valence-corrected chi connectivity index (χ3v) is 3.89. The maximum Gasteiger partial charge on any atom is 0.340 e. The van der Waals surface area contributed by atoms with E-state index in [2.05, 4.69) is 43.6 Å². The van der Waals surface area contributed by atoms with Crippen molar-refractivity contribution in [2.45, 2.75) is 0 Å². The Morgan fingerprint density at radius 1 is 1.09 bits per heavy atom. The fraction of sp³-hybridized carbons (Fsp3) is 0. The van der Waals surface area contributed by atoms with Crippen LogP contribution in [-0.2, 0) is 0 Å². The van der Waals surface area contributed by atoms with E-state index >= 15 is 0 Å². The van der Waals surface area contributed by atoms with E-state index in [0.29, 0.717) is 16.4 Å². The second-order valence-electron chi connectivity index (χ2n) is 4.52. The second kappa shape index (κ2) is 6.97. The van der Waals surface area contributed by atoms with E-state index in [-0.39, 0.29) is 11.9 Å². The molecule has 0 unspecified atom stereocenters. The van der Waals surface area contributed by atoms with Crippen molar-refractivity contribution < 1.29 is 9.32 Å². The van der Waals surface area contributed by atoms with Gasteiger partial charge in [0.15, 0.2) is 0 Å². The van der Waals surface area contributed by atoms with Crippen LogP contribution in [0.1, 0.15) is 10.4 Å². The molecule has 1 aromatic heterocycles. The van der Waals surface area contributed by atoms with E-state index in [1.807, 2.05) is 12.1 Å². The van der Waals surface area contributed by atoms with Crippen molar-refractivity contribution >= 4 is 46.1 Å². The number of amides is 1. The molecule has 0 fully saturated rings. The third kappa shape index (κ3) is 3.99. The number of benzene rings is 2. The molecule has 0 atom stereocenters. The summed E-state index contributed by atoms with van der Waals surface area (Å²) in [5, 5.41) is 4.46. The fourth-order valence-corrected chi connectivity index (χ4v) is 2.26. The minimum Gasteiger partial charge on any atom is -0.313 e. The molecule has 116 valence electrons. The molecule has 0 radical (unpaired) electrons. The molecule has 0 saturated heterocycles. The van der Waals surface area contributed by atoms with E-state index in [0.717, 1.165) is 9.13 Å². The molecule has 1 amide bonds. The number of carbonyl (C=O) groups excluding carboxylic acids is 1. The monoisotopic (exact) mass is 440 g/mol. The van der Waals surface area contributed by atoms with Crippen LogP contribution in [-0.4, -0.2) is 16.0 Å². The molecule has 23 heavy (non-hydrogen) atoms. The molecule has 3 aromatic rings. The highest BCUT2D eigenvalue weighted by Crippen LogP contribution is 2.19. The standard InChI is InChI=1S/C15H10ClIN4O2/c16-11-5-1-9(2-6-11)13-18-15(23-21-13)20-19-14(22)10-3-7-12(17)8-4-10/h1-8H,(H,19,22)(H,18,20,21). The smallest absolute Gasteiger partial charge is 0.313 e. The zero-order valence-corrected chi connectivity index (χ0v) is 14.5. The fourth-order valence-electron chi connectivity index (χ4n) is 1.77. The summed E-state index contributed by atoms with van der Waals surface area (Å²) in [6.45, 7) is 0. The summed E-state index contributed by atoms with van der Waals surface area (Å²) in [5.74, 6) is 0.0975. The minimum atomic E-state index is -0.298. The van der Waals surface area contributed by atoms with Gasteiger partial charge in [-0.05, 0) is 71.1 Å². The molecule has 0 bridgehead atoms. The van der Waals surface area contributed by atoms with Crippen molar-refractivity contribution in [2.24, 2.45) is 0 Å². The van der Waals surface area contributed by atoms with Crippen LogP contribution in [0.15, 0.2) is 53.1 Å². The van der Waals surface area contributed by atoms with Gasteiger partial charge in [0.25, 0.3) is 5.91 Å². The van der Waals surface area contributed by atoms with Gasteiger partial charge in [-0.15, -0.1) is 0 Å². The zero-order chi connectivity index (χ0) is 16.2. The van der Waals surface area contributed by atoms with Gasteiger partial charge in [0, 0.05) is 19.7 Å². The molecule has 2 aromatic carbocycles. The predicted molar refractivity (Wildman–Crippen MR) is 95.0 cm³/mol. The first kappa shape index (κ1) is 15.8. The Kier molecular flexibility index (Phi) is 4.77. The molecule has 0 aliphatic heterocycles. The lowest BCUT2D eigenvalue weighted by Crippen LogP contribution is -2.29.